The molecule has 0 saturated carbocycles. The predicted octanol–water partition coefficient (Wildman–Crippen LogP) is 2.21. The van der Waals surface area contributed by atoms with E-state index in [0.717, 1.165) is 45.3 Å². The van der Waals surface area contributed by atoms with Crippen molar-refractivity contribution in [1.29, 1.82) is 0 Å². The summed E-state index contributed by atoms with van der Waals surface area (Å²) in [7, 11) is 0. The summed E-state index contributed by atoms with van der Waals surface area (Å²) in [4.78, 5) is 27.2. The lowest BCUT2D eigenvalue weighted by Crippen LogP contribution is -2.47. The van der Waals surface area contributed by atoms with E-state index in [1.54, 1.807) is 0 Å². The van der Waals surface area contributed by atoms with Crippen LogP contribution < -0.4 is 0 Å². The second-order valence-corrected chi connectivity index (χ2v) is 5.86. The zero-order chi connectivity index (χ0) is 15.8. The van der Waals surface area contributed by atoms with Gasteiger partial charge in [0.15, 0.2) is 0 Å². The van der Waals surface area contributed by atoms with Crippen molar-refractivity contribution in [1.82, 2.24) is 9.80 Å². The number of hydrogen-bond acceptors (Lipinski definition) is 3. The van der Waals surface area contributed by atoms with Crippen LogP contribution in [0.3, 0.4) is 0 Å². The lowest BCUT2D eigenvalue weighted by atomic mass is 9.89. The summed E-state index contributed by atoms with van der Waals surface area (Å²) in [5.74, 6) is -0.0156. The second kappa shape index (κ2) is 9.03. The number of carboxylic acids is 1. The molecule has 122 valence electrons. The summed E-state index contributed by atoms with van der Waals surface area (Å²) in [6.07, 6.45) is 4.13. The minimum absolute atomic E-state index is 0.176. The van der Waals surface area contributed by atoms with Crippen molar-refractivity contribution in [3.63, 3.8) is 0 Å². The first-order chi connectivity index (χ1) is 10.0. The van der Waals surface area contributed by atoms with Gasteiger partial charge in [-0.1, -0.05) is 13.3 Å². The molecule has 1 saturated heterocycles. The van der Waals surface area contributed by atoms with Crippen molar-refractivity contribution >= 4 is 11.9 Å². The Morgan fingerprint density at radius 2 is 1.90 bits per heavy atom. The van der Waals surface area contributed by atoms with Crippen LogP contribution in [0.4, 0.5) is 0 Å². The van der Waals surface area contributed by atoms with Gasteiger partial charge in [0.1, 0.15) is 6.04 Å². The molecular formula is C16H30N2O3. The molecule has 0 aromatic carbocycles. The third-order valence-electron chi connectivity index (χ3n) is 4.64. The van der Waals surface area contributed by atoms with E-state index < -0.39 is 5.97 Å². The fourth-order valence-electron chi connectivity index (χ4n) is 3.15. The van der Waals surface area contributed by atoms with Crippen LogP contribution in [0.1, 0.15) is 52.9 Å². The number of amides is 1. The van der Waals surface area contributed by atoms with E-state index in [9.17, 15) is 14.7 Å². The summed E-state index contributed by atoms with van der Waals surface area (Å²) in [5, 5.41) is 9.38. The summed E-state index contributed by atoms with van der Waals surface area (Å²) in [6.45, 7) is 9.13. The van der Waals surface area contributed by atoms with E-state index in [4.69, 9.17) is 0 Å². The maximum Gasteiger partial charge on any atom is 0.320 e. The molecule has 1 aliphatic heterocycles. The third kappa shape index (κ3) is 5.30. The molecular weight excluding hydrogens is 268 g/mol. The van der Waals surface area contributed by atoms with Gasteiger partial charge in [-0.15, -0.1) is 0 Å². The largest absolute Gasteiger partial charge is 0.480 e. The number of aliphatic carboxylic acids is 1. The van der Waals surface area contributed by atoms with Gasteiger partial charge in [0.05, 0.1) is 0 Å². The fraction of sp³-hybridized carbons (Fsp3) is 0.875. The normalized spacial score (nSPS) is 23.0. The molecule has 1 aliphatic rings. The molecule has 21 heavy (non-hydrogen) atoms. The molecule has 0 aromatic heterocycles. The van der Waals surface area contributed by atoms with E-state index in [-0.39, 0.29) is 11.9 Å². The van der Waals surface area contributed by atoms with Gasteiger partial charge in [0.2, 0.25) is 5.91 Å². The molecule has 0 aliphatic carbocycles. The van der Waals surface area contributed by atoms with Crippen molar-refractivity contribution in [2.75, 3.05) is 26.2 Å². The number of piperidine rings is 1. The molecule has 5 nitrogen and oxygen atoms in total. The Kier molecular flexibility index (Phi) is 7.72. The van der Waals surface area contributed by atoms with Gasteiger partial charge >= 0.3 is 5.97 Å². The first-order valence-corrected chi connectivity index (χ1v) is 8.28. The molecule has 2 unspecified atom stereocenters. The number of carbonyl (C=O) groups excluding carboxylic acids is 1. The SMILES string of the molecule is CCC1CCN(CCCC(=O)N(CC)CC)C(C(=O)O)C1. The molecule has 0 bridgehead atoms. The Labute approximate surface area is 128 Å². The highest BCUT2D eigenvalue weighted by molar-refractivity contribution is 5.76. The number of rotatable bonds is 8. The van der Waals surface area contributed by atoms with Gasteiger partial charge in [-0.25, -0.2) is 0 Å². The molecule has 1 fully saturated rings. The molecule has 1 heterocycles. The van der Waals surface area contributed by atoms with Gasteiger partial charge in [-0.3, -0.25) is 14.5 Å². The lowest BCUT2D eigenvalue weighted by Gasteiger charge is -2.37. The van der Waals surface area contributed by atoms with Crippen LogP contribution in [0, 0.1) is 5.92 Å². The van der Waals surface area contributed by atoms with E-state index in [0.29, 0.717) is 18.9 Å². The summed E-state index contributed by atoms with van der Waals surface area (Å²) in [6, 6.07) is -0.368. The van der Waals surface area contributed by atoms with Crippen LogP contribution >= 0.6 is 0 Å². The molecule has 1 amide bonds. The lowest BCUT2D eigenvalue weighted by molar-refractivity contribution is -0.145. The minimum atomic E-state index is -0.719. The highest BCUT2D eigenvalue weighted by Gasteiger charge is 2.32. The van der Waals surface area contributed by atoms with E-state index in [1.165, 1.54) is 0 Å². The maximum absolute atomic E-state index is 12.0. The summed E-state index contributed by atoms with van der Waals surface area (Å²) in [5.41, 5.74) is 0. The zero-order valence-corrected chi connectivity index (χ0v) is 13.7. The fourth-order valence-corrected chi connectivity index (χ4v) is 3.15. The quantitative estimate of drug-likeness (QED) is 0.746. The van der Waals surface area contributed by atoms with Gasteiger partial charge in [-0.2, -0.15) is 0 Å². The van der Waals surface area contributed by atoms with E-state index >= 15 is 0 Å². The monoisotopic (exact) mass is 298 g/mol. The first-order valence-electron chi connectivity index (χ1n) is 8.28. The van der Waals surface area contributed by atoms with Crippen molar-refractivity contribution in [3.05, 3.63) is 0 Å². The van der Waals surface area contributed by atoms with Gasteiger partial charge in [-0.05, 0) is 52.1 Å². The van der Waals surface area contributed by atoms with Crippen LogP contribution in [0.25, 0.3) is 0 Å². The van der Waals surface area contributed by atoms with Crippen LogP contribution in [0.15, 0.2) is 0 Å². The second-order valence-electron chi connectivity index (χ2n) is 5.86. The molecule has 2 atom stereocenters. The molecule has 1 N–H and O–H groups in total. The van der Waals surface area contributed by atoms with Crippen molar-refractivity contribution < 1.29 is 14.7 Å². The van der Waals surface area contributed by atoms with Gasteiger partial charge < -0.3 is 10.0 Å². The summed E-state index contributed by atoms with van der Waals surface area (Å²) >= 11 is 0. The average Bonchev–Trinajstić information content (AvgIpc) is 2.48. The molecule has 0 spiro atoms. The van der Waals surface area contributed by atoms with E-state index in [1.807, 2.05) is 23.6 Å². The smallest absolute Gasteiger partial charge is 0.320 e. The standard InChI is InChI=1S/C16H30N2O3/c1-4-13-9-11-18(14(12-13)16(20)21)10-7-8-15(19)17(5-2)6-3/h13-14H,4-12H2,1-3H3,(H,20,21). The van der Waals surface area contributed by atoms with E-state index in [2.05, 4.69) is 6.92 Å². The van der Waals surface area contributed by atoms with Crippen LogP contribution in [-0.2, 0) is 9.59 Å². The average molecular weight is 298 g/mol. The molecule has 0 radical (unpaired) electrons. The number of likely N-dealkylation sites (tertiary alicyclic amines) is 1. The maximum atomic E-state index is 12.0. The number of nitrogens with zero attached hydrogens (tertiary/aromatic N) is 2. The highest BCUT2D eigenvalue weighted by Crippen LogP contribution is 2.25. The Hall–Kier alpha value is -1.10. The zero-order valence-electron chi connectivity index (χ0n) is 13.7. The number of carbonyl (C=O) groups is 2. The Bertz CT molecular complexity index is 342. The van der Waals surface area contributed by atoms with Crippen LogP contribution in [0.5, 0.6) is 0 Å². The topological polar surface area (TPSA) is 60.9 Å². The Morgan fingerprint density at radius 3 is 2.43 bits per heavy atom. The van der Waals surface area contributed by atoms with Crippen LogP contribution in [0.2, 0.25) is 0 Å². The number of carboxylic acid groups (broad SMARTS) is 1. The molecule has 0 aromatic rings. The first kappa shape index (κ1) is 18.0. The molecule has 1 rings (SSSR count). The van der Waals surface area contributed by atoms with Crippen molar-refractivity contribution in [2.45, 2.75) is 58.9 Å². The third-order valence-corrected chi connectivity index (χ3v) is 4.64. The Balaban J connectivity index is 2.42. The molecule has 5 heteroatoms. The minimum Gasteiger partial charge on any atom is -0.480 e. The van der Waals surface area contributed by atoms with Crippen molar-refractivity contribution in [3.8, 4) is 0 Å². The van der Waals surface area contributed by atoms with Gasteiger partial charge in [0.25, 0.3) is 0 Å². The predicted molar refractivity (Wildman–Crippen MR) is 83.2 cm³/mol. The highest BCUT2D eigenvalue weighted by atomic mass is 16.4. The number of hydrogen-bond donors (Lipinski definition) is 1. The van der Waals surface area contributed by atoms with Crippen molar-refractivity contribution in [2.24, 2.45) is 5.92 Å². The van der Waals surface area contributed by atoms with Gasteiger partial charge in [0, 0.05) is 19.5 Å². The Morgan fingerprint density at radius 1 is 1.24 bits per heavy atom. The van der Waals surface area contributed by atoms with Crippen LogP contribution in [-0.4, -0.2) is 59.0 Å². The summed E-state index contributed by atoms with van der Waals surface area (Å²) < 4.78 is 0.